The lowest BCUT2D eigenvalue weighted by Crippen LogP contribution is -2.23. The van der Waals surface area contributed by atoms with E-state index in [1.165, 1.54) is 11.1 Å². The summed E-state index contributed by atoms with van der Waals surface area (Å²) < 4.78 is 8.28. The summed E-state index contributed by atoms with van der Waals surface area (Å²) in [5, 5.41) is 0.606. The number of halogens is 1. The van der Waals surface area contributed by atoms with Crippen LogP contribution < -0.4 is 10.3 Å². The molecule has 0 aliphatic rings. The summed E-state index contributed by atoms with van der Waals surface area (Å²) in [6, 6.07) is 11.7. The lowest BCUT2D eigenvalue weighted by atomic mass is 9.98. The molecule has 4 nitrogen and oxygen atoms in total. The molecule has 0 bridgehead atoms. The highest BCUT2D eigenvalue weighted by atomic mass is 79.9. The van der Waals surface area contributed by atoms with E-state index in [2.05, 4.69) is 47.8 Å². The van der Waals surface area contributed by atoms with Crippen molar-refractivity contribution in [1.29, 1.82) is 0 Å². The van der Waals surface area contributed by atoms with Crippen molar-refractivity contribution in [2.45, 2.75) is 33.2 Å². The van der Waals surface area contributed by atoms with Crippen LogP contribution in [-0.4, -0.2) is 16.2 Å². The van der Waals surface area contributed by atoms with Crippen LogP contribution in [0, 0.1) is 6.92 Å². The Hall–Kier alpha value is -2.14. The fourth-order valence-corrected chi connectivity index (χ4v) is 3.30. The van der Waals surface area contributed by atoms with Gasteiger partial charge in [0.2, 0.25) is 0 Å². The number of benzene rings is 2. The number of fused-ring (bicyclic) bond motifs is 1. The zero-order chi connectivity index (χ0) is 18.0. The molecule has 0 aliphatic carbocycles. The first-order valence-electron chi connectivity index (χ1n) is 8.34. The van der Waals surface area contributed by atoms with Gasteiger partial charge in [0.05, 0.1) is 23.8 Å². The highest BCUT2D eigenvalue weighted by molar-refractivity contribution is 9.10. The molecule has 0 fully saturated rings. The molecule has 1 aromatic heterocycles. The van der Waals surface area contributed by atoms with Crippen LogP contribution in [0.3, 0.4) is 0 Å². The molecule has 0 radical (unpaired) electrons. The monoisotopic (exact) mass is 400 g/mol. The second-order valence-electron chi connectivity index (χ2n) is 6.43. The predicted molar refractivity (Wildman–Crippen MR) is 104 cm³/mol. The average molecular weight is 401 g/mol. The molecule has 0 spiro atoms. The van der Waals surface area contributed by atoms with E-state index in [0.29, 0.717) is 30.0 Å². The maximum atomic E-state index is 12.5. The van der Waals surface area contributed by atoms with E-state index in [4.69, 9.17) is 4.74 Å². The Labute approximate surface area is 155 Å². The highest BCUT2D eigenvalue weighted by Crippen LogP contribution is 2.23. The zero-order valence-electron chi connectivity index (χ0n) is 14.6. The summed E-state index contributed by atoms with van der Waals surface area (Å²) in [4.78, 5) is 16.9. The quantitative estimate of drug-likeness (QED) is 0.624. The van der Waals surface area contributed by atoms with Gasteiger partial charge in [0.15, 0.2) is 0 Å². The minimum atomic E-state index is -0.0544. The molecule has 1 heterocycles. The van der Waals surface area contributed by atoms with Crippen LogP contribution in [0.15, 0.2) is 52.0 Å². The van der Waals surface area contributed by atoms with Crippen LogP contribution in [0.1, 0.15) is 30.9 Å². The SMILES string of the molecule is Cc1cc(OCCn2cnc3ccc(Br)cc3c2=O)ccc1C(C)C. The molecule has 2 aromatic carbocycles. The molecule has 0 saturated heterocycles. The molecule has 25 heavy (non-hydrogen) atoms. The van der Waals surface area contributed by atoms with E-state index in [1.54, 1.807) is 17.0 Å². The Kier molecular flexibility index (Phi) is 5.23. The largest absolute Gasteiger partial charge is 0.492 e. The van der Waals surface area contributed by atoms with Crippen LogP contribution >= 0.6 is 15.9 Å². The van der Waals surface area contributed by atoms with Gasteiger partial charge in [-0.15, -0.1) is 0 Å². The van der Waals surface area contributed by atoms with Gasteiger partial charge in [-0.05, 0) is 54.3 Å². The molecule has 0 amide bonds. The summed E-state index contributed by atoms with van der Waals surface area (Å²) >= 11 is 3.40. The summed E-state index contributed by atoms with van der Waals surface area (Å²) in [5.41, 5.74) is 3.20. The lowest BCUT2D eigenvalue weighted by molar-refractivity contribution is 0.295. The standard InChI is InChI=1S/C20H21BrN2O2/c1-13(2)17-6-5-16(10-14(17)3)25-9-8-23-12-22-19-7-4-15(21)11-18(19)20(23)24/h4-7,10-13H,8-9H2,1-3H3. The average Bonchev–Trinajstić information content (AvgIpc) is 2.57. The first-order valence-corrected chi connectivity index (χ1v) is 9.13. The zero-order valence-corrected chi connectivity index (χ0v) is 16.2. The maximum absolute atomic E-state index is 12.5. The number of hydrogen-bond acceptors (Lipinski definition) is 3. The van der Waals surface area contributed by atoms with Gasteiger partial charge in [0.1, 0.15) is 12.4 Å². The second kappa shape index (κ2) is 7.40. The van der Waals surface area contributed by atoms with Crippen LogP contribution in [0.25, 0.3) is 10.9 Å². The van der Waals surface area contributed by atoms with Crippen LogP contribution in [0.5, 0.6) is 5.75 Å². The molecule has 0 atom stereocenters. The van der Waals surface area contributed by atoms with E-state index >= 15 is 0 Å². The molecule has 130 valence electrons. The van der Waals surface area contributed by atoms with Gasteiger partial charge < -0.3 is 4.74 Å². The van der Waals surface area contributed by atoms with E-state index in [9.17, 15) is 4.79 Å². The number of nitrogens with zero attached hydrogens (tertiary/aromatic N) is 2. The molecule has 0 N–H and O–H groups in total. The van der Waals surface area contributed by atoms with E-state index in [-0.39, 0.29) is 5.56 Å². The van der Waals surface area contributed by atoms with Gasteiger partial charge in [-0.2, -0.15) is 0 Å². The molecule has 3 aromatic rings. The van der Waals surface area contributed by atoms with Gasteiger partial charge >= 0.3 is 0 Å². The van der Waals surface area contributed by atoms with E-state index in [1.807, 2.05) is 24.3 Å². The van der Waals surface area contributed by atoms with Gasteiger partial charge in [0.25, 0.3) is 5.56 Å². The van der Waals surface area contributed by atoms with Crippen molar-refractivity contribution in [2.24, 2.45) is 0 Å². The minimum Gasteiger partial charge on any atom is -0.492 e. The Bertz CT molecular complexity index is 964. The fraction of sp³-hybridized carbons (Fsp3) is 0.300. The van der Waals surface area contributed by atoms with Crippen molar-refractivity contribution < 1.29 is 4.74 Å². The van der Waals surface area contributed by atoms with Crippen molar-refractivity contribution >= 4 is 26.8 Å². The smallest absolute Gasteiger partial charge is 0.261 e. The van der Waals surface area contributed by atoms with Gasteiger partial charge in [-0.3, -0.25) is 9.36 Å². The first-order chi connectivity index (χ1) is 12.0. The molecule has 5 heteroatoms. The summed E-state index contributed by atoms with van der Waals surface area (Å²) in [5.74, 6) is 1.32. The van der Waals surface area contributed by atoms with Crippen molar-refractivity contribution in [2.75, 3.05) is 6.61 Å². The molecule has 3 rings (SSSR count). The molecular weight excluding hydrogens is 380 g/mol. The van der Waals surface area contributed by atoms with Crippen LogP contribution in [-0.2, 0) is 6.54 Å². The number of hydrogen-bond donors (Lipinski definition) is 0. The Morgan fingerprint density at radius 3 is 2.72 bits per heavy atom. The minimum absolute atomic E-state index is 0.0544. The fourth-order valence-electron chi connectivity index (χ4n) is 2.94. The number of aryl methyl sites for hydroxylation is 1. The molecule has 0 unspecified atom stereocenters. The topological polar surface area (TPSA) is 44.1 Å². The van der Waals surface area contributed by atoms with Crippen molar-refractivity contribution in [1.82, 2.24) is 9.55 Å². The predicted octanol–water partition coefficient (Wildman–Crippen LogP) is 4.67. The lowest BCUT2D eigenvalue weighted by Gasteiger charge is -2.13. The van der Waals surface area contributed by atoms with E-state index in [0.717, 1.165) is 10.2 Å². The number of rotatable bonds is 5. The third-order valence-corrected chi connectivity index (χ3v) is 4.74. The van der Waals surface area contributed by atoms with E-state index < -0.39 is 0 Å². The van der Waals surface area contributed by atoms with Crippen molar-refractivity contribution in [3.8, 4) is 5.75 Å². The number of aromatic nitrogens is 2. The normalized spacial score (nSPS) is 11.2. The summed E-state index contributed by atoms with van der Waals surface area (Å²) in [6.07, 6.45) is 1.58. The summed E-state index contributed by atoms with van der Waals surface area (Å²) in [7, 11) is 0. The molecule has 0 aliphatic heterocycles. The Morgan fingerprint density at radius 2 is 2.00 bits per heavy atom. The third-order valence-electron chi connectivity index (χ3n) is 4.25. The maximum Gasteiger partial charge on any atom is 0.261 e. The summed E-state index contributed by atoms with van der Waals surface area (Å²) in [6.45, 7) is 7.33. The molecule has 0 saturated carbocycles. The van der Waals surface area contributed by atoms with Crippen LogP contribution in [0.4, 0.5) is 0 Å². The Morgan fingerprint density at radius 1 is 1.20 bits per heavy atom. The van der Waals surface area contributed by atoms with Gasteiger partial charge in [-0.1, -0.05) is 35.8 Å². The first kappa shape index (κ1) is 17.7. The second-order valence-corrected chi connectivity index (χ2v) is 7.34. The van der Waals surface area contributed by atoms with Crippen LogP contribution in [0.2, 0.25) is 0 Å². The molecular formula is C20H21BrN2O2. The highest BCUT2D eigenvalue weighted by Gasteiger charge is 2.07. The van der Waals surface area contributed by atoms with Gasteiger partial charge in [0, 0.05) is 4.47 Å². The van der Waals surface area contributed by atoms with Gasteiger partial charge in [-0.25, -0.2) is 4.98 Å². The van der Waals surface area contributed by atoms with Crippen molar-refractivity contribution in [3.63, 3.8) is 0 Å². The number of ether oxygens (including phenoxy) is 1. The third kappa shape index (κ3) is 3.93. The Balaban J connectivity index is 1.72. The van der Waals surface area contributed by atoms with Crippen molar-refractivity contribution in [3.05, 3.63) is 68.7 Å².